The molecule has 1 amide bonds. The second-order valence-electron chi connectivity index (χ2n) is 19.6. The molecule has 370 valence electrons. The van der Waals surface area contributed by atoms with E-state index in [9.17, 15) is 19.8 Å². The number of esters is 1. The molecule has 0 aromatic heterocycles. The van der Waals surface area contributed by atoms with E-state index in [0.29, 0.717) is 25.9 Å². The third-order valence-electron chi connectivity index (χ3n) is 13.4. The van der Waals surface area contributed by atoms with Crippen LogP contribution in [0.15, 0.2) is 0 Å². The highest BCUT2D eigenvalue weighted by molar-refractivity contribution is 5.76. The van der Waals surface area contributed by atoms with Crippen LogP contribution in [0.3, 0.4) is 0 Å². The lowest BCUT2D eigenvalue weighted by molar-refractivity contribution is -0.143. The highest BCUT2D eigenvalue weighted by Crippen LogP contribution is 2.18. The van der Waals surface area contributed by atoms with E-state index < -0.39 is 12.1 Å². The summed E-state index contributed by atoms with van der Waals surface area (Å²) in [5.41, 5.74) is 0. The summed E-state index contributed by atoms with van der Waals surface area (Å²) >= 11 is 0. The Labute approximate surface area is 387 Å². The quantitative estimate of drug-likeness (QED) is 0.0418. The second-order valence-corrected chi connectivity index (χ2v) is 19.6. The first-order valence-corrected chi connectivity index (χ1v) is 28.3. The number of carbonyl (C=O) groups excluding carboxylic acids is 2. The van der Waals surface area contributed by atoms with Crippen molar-refractivity contribution in [2.24, 2.45) is 0 Å². The van der Waals surface area contributed by atoms with Gasteiger partial charge in [-0.25, -0.2) is 0 Å². The fourth-order valence-corrected chi connectivity index (χ4v) is 9.05. The SMILES string of the molecule is CCCCCCCCCCCCCCCCCCCC(=O)OCCCCCCCCCCCCCCCCC(=O)NC(CO)C(O)CCCCCCCCCCCCCCCC. The van der Waals surface area contributed by atoms with Gasteiger partial charge in [0.05, 0.1) is 25.4 Å². The van der Waals surface area contributed by atoms with Gasteiger partial charge in [0.1, 0.15) is 0 Å². The zero-order valence-corrected chi connectivity index (χ0v) is 42.1. The molecule has 0 rings (SSSR count). The van der Waals surface area contributed by atoms with Crippen LogP contribution in [0.2, 0.25) is 0 Å². The maximum atomic E-state index is 12.5. The summed E-state index contributed by atoms with van der Waals surface area (Å²) in [7, 11) is 0. The Morgan fingerprint density at radius 3 is 0.984 bits per heavy atom. The van der Waals surface area contributed by atoms with Crippen molar-refractivity contribution in [3.8, 4) is 0 Å². The van der Waals surface area contributed by atoms with Crippen LogP contribution in [-0.2, 0) is 14.3 Å². The lowest BCUT2D eigenvalue weighted by Gasteiger charge is -2.22. The number of hydrogen-bond acceptors (Lipinski definition) is 5. The molecule has 62 heavy (non-hydrogen) atoms. The van der Waals surface area contributed by atoms with Gasteiger partial charge in [-0.15, -0.1) is 0 Å². The van der Waals surface area contributed by atoms with Crippen LogP contribution >= 0.6 is 0 Å². The van der Waals surface area contributed by atoms with Crippen molar-refractivity contribution in [2.45, 2.75) is 334 Å². The number of nitrogens with one attached hydrogen (secondary N) is 1. The van der Waals surface area contributed by atoms with Crippen LogP contribution < -0.4 is 5.32 Å². The van der Waals surface area contributed by atoms with Gasteiger partial charge in [-0.2, -0.15) is 0 Å². The van der Waals surface area contributed by atoms with Crippen LogP contribution in [0.25, 0.3) is 0 Å². The fraction of sp³-hybridized carbons (Fsp3) is 0.964. The summed E-state index contributed by atoms with van der Waals surface area (Å²) in [6.45, 7) is 4.96. The van der Waals surface area contributed by atoms with Crippen molar-refractivity contribution < 1.29 is 24.5 Å². The van der Waals surface area contributed by atoms with Crippen LogP contribution in [0.4, 0.5) is 0 Å². The predicted octanol–water partition coefficient (Wildman–Crippen LogP) is 17.1. The summed E-state index contributed by atoms with van der Waals surface area (Å²) in [6.07, 6.45) is 59.4. The molecule has 6 heteroatoms. The first-order chi connectivity index (χ1) is 30.5. The number of aliphatic hydroxyl groups excluding tert-OH is 2. The number of hydrogen-bond donors (Lipinski definition) is 3. The average molecular weight is 879 g/mol. The Balaban J connectivity index is 3.40. The van der Waals surface area contributed by atoms with Crippen molar-refractivity contribution in [2.75, 3.05) is 13.2 Å². The largest absolute Gasteiger partial charge is 0.466 e. The van der Waals surface area contributed by atoms with E-state index in [-0.39, 0.29) is 18.5 Å². The van der Waals surface area contributed by atoms with Gasteiger partial charge in [0, 0.05) is 12.8 Å². The number of unbranched alkanes of at least 4 members (excludes halogenated alkanes) is 42. The van der Waals surface area contributed by atoms with Gasteiger partial charge < -0.3 is 20.3 Å². The molecule has 0 aromatic carbocycles. The topological polar surface area (TPSA) is 95.9 Å². The summed E-state index contributed by atoms with van der Waals surface area (Å²) in [5, 5.41) is 23.2. The lowest BCUT2D eigenvalue weighted by atomic mass is 10.0. The van der Waals surface area contributed by atoms with Crippen LogP contribution in [0, 0.1) is 0 Å². The Morgan fingerprint density at radius 1 is 0.387 bits per heavy atom. The number of ether oxygens (including phenoxy) is 1. The van der Waals surface area contributed by atoms with E-state index >= 15 is 0 Å². The first-order valence-electron chi connectivity index (χ1n) is 28.3. The van der Waals surface area contributed by atoms with Gasteiger partial charge in [-0.05, 0) is 25.7 Å². The minimum absolute atomic E-state index is 0.00265. The highest BCUT2D eigenvalue weighted by Gasteiger charge is 2.20. The maximum Gasteiger partial charge on any atom is 0.305 e. The van der Waals surface area contributed by atoms with Crippen molar-refractivity contribution >= 4 is 11.9 Å². The van der Waals surface area contributed by atoms with Gasteiger partial charge in [-0.1, -0.05) is 284 Å². The van der Waals surface area contributed by atoms with E-state index in [1.54, 1.807) is 0 Å². The zero-order chi connectivity index (χ0) is 45.1. The van der Waals surface area contributed by atoms with E-state index in [0.717, 1.165) is 51.4 Å². The molecule has 0 aliphatic carbocycles. The van der Waals surface area contributed by atoms with Crippen molar-refractivity contribution in [1.29, 1.82) is 0 Å². The molecule has 0 aromatic rings. The van der Waals surface area contributed by atoms with Gasteiger partial charge in [0.2, 0.25) is 5.91 Å². The van der Waals surface area contributed by atoms with Crippen LogP contribution in [0.5, 0.6) is 0 Å². The normalized spacial score (nSPS) is 12.5. The van der Waals surface area contributed by atoms with Gasteiger partial charge in [0.25, 0.3) is 0 Å². The molecule has 2 unspecified atom stereocenters. The summed E-state index contributed by atoms with van der Waals surface area (Å²) in [5.74, 6) is -0.0404. The fourth-order valence-electron chi connectivity index (χ4n) is 9.05. The number of rotatable bonds is 53. The molecule has 0 radical (unpaired) electrons. The number of amides is 1. The molecule has 0 saturated carbocycles. The Hall–Kier alpha value is -1.14. The molecule has 2 atom stereocenters. The number of carbonyl (C=O) groups is 2. The van der Waals surface area contributed by atoms with Gasteiger partial charge in [-0.3, -0.25) is 9.59 Å². The van der Waals surface area contributed by atoms with E-state index in [4.69, 9.17) is 4.74 Å². The summed E-state index contributed by atoms with van der Waals surface area (Å²) in [6, 6.07) is -0.547. The standard InChI is InChI=1S/C56H111NO5/c1-3-5-7-9-11-13-15-17-19-20-21-26-30-34-38-42-46-50-56(61)62-51-47-43-39-35-31-27-23-22-25-29-33-37-41-45-49-55(60)57-53(52-58)54(59)48-44-40-36-32-28-24-18-16-14-12-10-8-6-4-2/h53-54,58-59H,3-52H2,1-2H3,(H,57,60). The third kappa shape index (κ3) is 48.3. The lowest BCUT2D eigenvalue weighted by Crippen LogP contribution is -2.45. The molecule has 0 saturated heterocycles. The molecule has 0 bridgehead atoms. The molecule has 0 aliphatic rings. The molecule has 0 spiro atoms. The van der Waals surface area contributed by atoms with E-state index in [1.807, 2.05) is 0 Å². The summed E-state index contributed by atoms with van der Waals surface area (Å²) < 4.78 is 5.48. The Bertz CT molecular complexity index is 882. The van der Waals surface area contributed by atoms with E-state index in [1.165, 1.54) is 238 Å². The summed E-state index contributed by atoms with van der Waals surface area (Å²) in [4.78, 5) is 24.5. The van der Waals surface area contributed by atoms with E-state index in [2.05, 4.69) is 19.2 Å². The molecular weight excluding hydrogens is 767 g/mol. The molecule has 6 nitrogen and oxygen atoms in total. The van der Waals surface area contributed by atoms with Crippen LogP contribution in [-0.4, -0.2) is 47.4 Å². The van der Waals surface area contributed by atoms with Crippen molar-refractivity contribution in [1.82, 2.24) is 5.32 Å². The minimum atomic E-state index is -0.669. The second kappa shape index (κ2) is 52.5. The molecule has 3 N–H and O–H groups in total. The van der Waals surface area contributed by atoms with Crippen molar-refractivity contribution in [3.05, 3.63) is 0 Å². The molecule has 0 fully saturated rings. The Kier molecular flexibility index (Phi) is 51.5. The smallest absolute Gasteiger partial charge is 0.305 e. The monoisotopic (exact) mass is 878 g/mol. The molecule has 0 aliphatic heterocycles. The zero-order valence-electron chi connectivity index (χ0n) is 42.1. The number of aliphatic hydroxyl groups is 2. The predicted molar refractivity (Wildman–Crippen MR) is 269 cm³/mol. The van der Waals surface area contributed by atoms with Crippen LogP contribution in [0.1, 0.15) is 322 Å². The first kappa shape index (κ1) is 60.9. The Morgan fingerprint density at radius 2 is 0.661 bits per heavy atom. The minimum Gasteiger partial charge on any atom is -0.466 e. The highest BCUT2D eigenvalue weighted by atomic mass is 16.5. The molecule has 0 heterocycles. The third-order valence-corrected chi connectivity index (χ3v) is 13.4. The van der Waals surface area contributed by atoms with Gasteiger partial charge in [0.15, 0.2) is 0 Å². The van der Waals surface area contributed by atoms with Gasteiger partial charge >= 0.3 is 5.97 Å². The average Bonchev–Trinajstić information content (AvgIpc) is 3.27. The molecular formula is C56H111NO5. The maximum absolute atomic E-state index is 12.5. The van der Waals surface area contributed by atoms with Crippen molar-refractivity contribution in [3.63, 3.8) is 0 Å².